The standard InChI is InChI=1S/C46H36N2/c1-30-11-10-18-36(25-30)42-29-44(38-22-20-32-13-7-9-17-35(32)27-38)48-46-40(42)24-23-39-41(33-14-4-2-3-5-15-33)28-43(47-45(39)46)37-21-19-31-12-6-8-16-34(31)26-37/h4,6-10,12-14,16-29,33H,1-3,5,11,15H2. The molecule has 0 saturated carbocycles. The maximum Gasteiger partial charge on any atom is 0.0978 e. The van der Waals surface area contributed by atoms with Crippen molar-refractivity contribution in [3.8, 4) is 22.5 Å². The first kappa shape index (κ1) is 28.6. The van der Waals surface area contributed by atoms with Crippen LogP contribution in [0.1, 0.15) is 49.1 Å². The second-order valence-corrected chi connectivity index (χ2v) is 13.3. The second kappa shape index (κ2) is 11.9. The minimum Gasteiger partial charge on any atom is -0.245 e. The van der Waals surface area contributed by atoms with Gasteiger partial charge in [0.05, 0.1) is 22.4 Å². The Morgan fingerprint density at radius 3 is 1.96 bits per heavy atom. The molecule has 2 aliphatic carbocycles. The lowest BCUT2D eigenvalue weighted by molar-refractivity contribution is 0.667. The molecule has 2 nitrogen and oxygen atoms in total. The van der Waals surface area contributed by atoms with E-state index in [1.807, 2.05) is 0 Å². The summed E-state index contributed by atoms with van der Waals surface area (Å²) < 4.78 is 0. The highest BCUT2D eigenvalue weighted by Crippen LogP contribution is 2.40. The quantitative estimate of drug-likeness (QED) is 0.145. The van der Waals surface area contributed by atoms with E-state index >= 15 is 0 Å². The van der Waals surface area contributed by atoms with E-state index in [0.717, 1.165) is 74.9 Å². The first-order valence-electron chi connectivity index (χ1n) is 17.2. The smallest absolute Gasteiger partial charge is 0.0978 e. The van der Waals surface area contributed by atoms with E-state index in [-0.39, 0.29) is 0 Å². The Hall–Kier alpha value is -5.60. The van der Waals surface area contributed by atoms with Crippen molar-refractivity contribution in [1.82, 2.24) is 9.97 Å². The van der Waals surface area contributed by atoms with E-state index in [2.05, 4.69) is 146 Å². The molecule has 0 fully saturated rings. The molecule has 2 heterocycles. The zero-order valence-electron chi connectivity index (χ0n) is 27.0. The van der Waals surface area contributed by atoms with Crippen LogP contribution in [-0.4, -0.2) is 9.97 Å². The van der Waals surface area contributed by atoms with Crippen LogP contribution in [0.3, 0.4) is 0 Å². The van der Waals surface area contributed by atoms with E-state index in [1.165, 1.54) is 45.3 Å². The number of rotatable bonds is 4. The molecule has 1 unspecified atom stereocenters. The van der Waals surface area contributed by atoms with Crippen LogP contribution < -0.4 is 0 Å². The predicted octanol–water partition coefficient (Wildman–Crippen LogP) is 12.5. The van der Waals surface area contributed by atoms with Gasteiger partial charge >= 0.3 is 0 Å². The number of allylic oxidation sites excluding steroid dienone is 7. The molecular weight excluding hydrogens is 581 g/mol. The van der Waals surface area contributed by atoms with E-state index in [1.54, 1.807) is 0 Å². The van der Waals surface area contributed by atoms with Gasteiger partial charge in [-0.2, -0.15) is 0 Å². The summed E-state index contributed by atoms with van der Waals surface area (Å²) in [6, 6.07) is 39.7. The molecule has 2 aliphatic rings. The van der Waals surface area contributed by atoms with Gasteiger partial charge in [-0.05, 0) is 88.2 Å². The van der Waals surface area contributed by atoms with Crippen molar-refractivity contribution in [2.45, 2.75) is 38.0 Å². The van der Waals surface area contributed by atoms with E-state index in [4.69, 9.17) is 9.97 Å². The summed E-state index contributed by atoms with van der Waals surface area (Å²) in [6.45, 7) is 4.31. The van der Waals surface area contributed by atoms with Crippen LogP contribution in [0.15, 0.2) is 152 Å². The van der Waals surface area contributed by atoms with Gasteiger partial charge < -0.3 is 0 Å². The third-order valence-electron chi connectivity index (χ3n) is 10.1. The Kier molecular flexibility index (Phi) is 7.08. The predicted molar refractivity (Wildman–Crippen MR) is 204 cm³/mol. The monoisotopic (exact) mass is 616 g/mol. The SMILES string of the molecule is C=C1C=C(c2cc(-c3ccc4ccccc4c3)nc3c2ccc2c(C4C=CCCCC4)cc(-c4ccc5ccccc5c4)nc23)C=CC1. The fourth-order valence-electron chi connectivity index (χ4n) is 7.61. The third kappa shape index (κ3) is 5.15. The van der Waals surface area contributed by atoms with Crippen molar-refractivity contribution in [1.29, 1.82) is 0 Å². The molecule has 7 aromatic rings. The lowest BCUT2D eigenvalue weighted by Gasteiger charge is -2.19. The Morgan fingerprint density at radius 2 is 1.25 bits per heavy atom. The van der Waals surface area contributed by atoms with Gasteiger partial charge in [-0.25, -0.2) is 9.97 Å². The van der Waals surface area contributed by atoms with Crippen LogP contribution >= 0.6 is 0 Å². The zero-order chi connectivity index (χ0) is 32.0. The summed E-state index contributed by atoms with van der Waals surface area (Å²) in [7, 11) is 0. The fourth-order valence-corrected chi connectivity index (χ4v) is 7.61. The van der Waals surface area contributed by atoms with Crippen molar-refractivity contribution in [3.05, 3.63) is 163 Å². The average Bonchev–Trinajstić information content (AvgIpc) is 3.43. The van der Waals surface area contributed by atoms with E-state index < -0.39 is 0 Å². The van der Waals surface area contributed by atoms with Gasteiger partial charge in [-0.1, -0.05) is 134 Å². The van der Waals surface area contributed by atoms with Crippen LogP contribution in [0.5, 0.6) is 0 Å². The maximum absolute atomic E-state index is 5.50. The van der Waals surface area contributed by atoms with E-state index in [0.29, 0.717) is 5.92 Å². The van der Waals surface area contributed by atoms with Gasteiger partial charge in [0.2, 0.25) is 0 Å². The first-order chi connectivity index (χ1) is 23.7. The maximum atomic E-state index is 5.50. The third-order valence-corrected chi connectivity index (χ3v) is 10.1. The highest BCUT2D eigenvalue weighted by molar-refractivity contribution is 6.10. The molecule has 0 bridgehead atoms. The summed E-state index contributed by atoms with van der Waals surface area (Å²) in [5.41, 5.74) is 10.9. The van der Waals surface area contributed by atoms with Crippen molar-refractivity contribution in [2.24, 2.45) is 0 Å². The largest absolute Gasteiger partial charge is 0.245 e. The van der Waals surface area contributed by atoms with Crippen molar-refractivity contribution in [3.63, 3.8) is 0 Å². The molecule has 0 amide bonds. The number of benzene rings is 5. The van der Waals surface area contributed by atoms with Crippen molar-refractivity contribution < 1.29 is 0 Å². The summed E-state index contributed by atoms with van der Waals surface area (Å²) >= 11 is 0. The number of hydrogen-bond acceptors (Lipinski definition) is 2. The lowest BCUT2D eigenvalue weighted by atomic mass is 9.88. The molecule has 0 saturated heterocycles. The minimum atomic E-state index is 0.338. The number of nitrogens with zero attached hydrogens (tertiary/aromatic N) is 2. The fraction of sp³-hybridized carbons (Fsp3) is 0.130. The molecule has 0 N–H and O–H groups in total. The molecule has 0 radical (unpaired) electrons. The van der Waals surface area contributed by atoms with Gasteiger partial charge in [0.25, 0.3) is 0 Å². The Morgan fingerprint density at radius 1 is 0.604 bits per heavy atom. The normalized spacial score (nSPS) is 16.5. The number of hydrogen-bond donors (Lipinski definition) is 0. The lowest BCUT2D eigenvalue weighted by Crippen LogP contribution is -2.01. The van der Waals surface area contributed by atoms with Gasteiger partial charge in [0.15, 0.2) is 0 Å². The molecule has 48 heavy (non-hydrogen) atoms. The molecule has 230 valence electrons. The molecule has 2 aromatic heterocycles. The topological polar surface area (TPSA) is 25.8 Å². The molecule has 1 atom stereocenters. The molecular formula is C46H36N2. The number of aromatic nitrogens is 2. The van der Waals surface area contributed by atoms with Gasteiger partial charge in [0, 0.05) is 27.8 Å². The van der Waals surface area contributed by atoms with Crippen molar-refractivity contribution in [2.75, 3.05) is 0 Å². The van der Waals surface area contributed by atoms with E-state index in [9.17, 15) is 0 Å². The van der Waals surface area contributed by atoms with Crippen molar-refractivity contribution >= 4 is 48.9 Å². The Balaban J connectivity index is 1.36. The van der Waals surface area contributed by atoms with Gasteiger partial charge in [-0.3, -0.25) is 0 Å². The highest BCUT2D eigenvalue weighted by atomic mass is 14.8. The van der Waals surface area contributed by atoms with Crippen LogP contribution in [0.2, 0.25) is 0 Å². The molecule has 9 rings (SSSR count). The van der Waals surface area contributed by atoms with Gasteiger partial charge in [-0.15, -0.1) is 0 Å². The number of pyridine rings is 2. The summed E-state index contributed by atoms with van der Waals surface area (Å²) in [5.74, 6) is 0.338. The first-order valence-corrected chi connectivity index (χ1v) is 17.2. The average molecular weight is 617 g/mol. The molecule has 0 aliphatic heterocycles. The van der Waals surface area contributed by atoms with Crippen LogP contribution in [0.25, 0.3) is 71.4 Å². The summed E-state index contributed by atoms with van der Waals surface area (Å²) in [5, 5.41) is 7.20. The molecule has 5 aromatic carbocycles. The number of fused-ring (bicyclic) bond motifs is 5. The minimum absolute atomic E-state index is 0.338. The zero-order valence-corrected chi connectivity index (χ0v) is 27.0. The Labute approximate surface area is 281 Å². The van der Waals surface area contributed by atoms with Gasteiger partial charge in [0.1, 0.15) is 0 Å². The molecule has 2 heteroatoms. The van der Waals surface area contributed by atoms with Crippen LogP contribution in [0, 0.1) is 0 Å². The summed E-state index contributed by atoms with van der Waals surface area (Å²) in [6.07, 6.45) is 17.1. The van der Waals surface area contributed by atoms with Crippen LogP contribution in [0.4, 0.5) is 0 Å². The molecule has 0 spiro atoms. The summed E-state index contributed by atoms with van der Waals surface area (Å²) in [4.78, 5) is 11.0. The highest BCUT2D eigenvalue weighted by Gasteiger charge is 2.21. The second-order valence-electron chi connectivity index (χ2n) is 13.3. The Bertz CT molecular complexity index is 2510. The van der Waals surface area contributed by atoms with Crippen LogP contribution in [-0.2, 0) is 0 Å².